The van der Waals surface area contributed by atoms with E-state index >= 15 is 0 Å². The monoisotopic (exact) mass is 158 g/mol. The van der Waals surface area contributed by atoms with Gasteiger partial charge in [0, 0.05) is 0 Å². The molecule has 0 atom stereocenters. The van der Waals surface area contributed by atoms with Gasteiger partial charge in [-0.1, -0.05) is 44.4 Å². The van der Waals surface area contributed by atoms with Crippen molar-refractivity contribution in [1.29, 1.82) is 0 Å². The first-order chi connectivity index (χ1) is 5.41. The highest BCUT2D eigenvalue weighted by Crippen LogP contribution is 2.23. The zero-order valence-electron chi connectivity index (χ0n) is 8.31. The minimum absolute atomic E-state index is 0.194. The van der Waals surface area contributed by atoms with E-state index in [1.807, 2.05) is 6.07 Å². The van der Waals surface area contributed by atoms with Gasteiger partial charge in [0.1, 0.15) is 7.85 Å². The van der Waals surface area contributed by atoms with Crippen molar-refractivity contribution < 1.29 is 0 Å². The van der Waals surface area contributed by atoms with Gasteiger partial charge in [0.2, 0.25) is 0 Å². The van der Waals surface area contributed by atoms with Crippen LogP contribution in [0, 0.1) is 6.92 Å². The lowest BCUT2D eigenvalue weighted by Gasteiger charge is -2.22. The van der Waals surface area contributed by atoms with Crippen molar-refractivity contribution in [3.8, 4) is 0 Å². The first-order valence-corrected chi connectivity index (χ1v) is 4.28. The van der Waals surface area contributed by atoms with Gasteiger partial charge in [0.15, 0.2) is 0 Å². The largest absolute Gasteiger partial charge is 0.113 e. The second-order valence-electron chi connectivity index (χ2n) is 4.32. The lowest BCUT2D eigenvalue weighted by molar-refractivity contribution is 0.586. The molecular formula is C11H15B. The summed E-state index contributed by atoms with van der Waals surface area (Å²) < 4.78 is 0. The smallest absolute Gasteiger partial charge is 0.0964 e. The molecule has 0 spiro atoms. The van der Waals surface area contributed by atoms with Crippen LogP contribution in [-0.4, -0.2) is 7.85 Å². The molecule has 1 aromatic rings. The molecule has 0 aliphatic rings. The van der Waals surface area contributed by atoms with Crippen LogP contribution in [0.2, 0.25) is 0 Å². The second kappa shape index (κ2) is 2.97. The van der Waals surface area contributed by atoms with E-state index in [4.69, 9.17) is 7.85 Å². The summed E-state index contributed by atoms with van der Waals surface area (Å²) in [6.45, 7) is 8.73. The Hall–Kier alpha value is -0.715. The van der Waals surface area contributed by atoms with E-state index in [0.717, 1.165) is 5.46 Å². The summed E-state index contributed by atoms with van der Waals surface area (Å²) in [5.74, 6) is 0. The van der Waals surface area contributed by atoms with Crippen molar-refractivity contribution >= 4 is 13.3 Å². The van der Waals surface area contributed by atoms with Crippen molar-refractivity contribution in [3.63, 3.8) is 0 Å². The Bertz CT molecular complexity index is 282. The van der Waals surface area contributed by atoms with E-state index in [2.05, 4.69) is 39.8 Å². The van der Waals surface area contributed by atoms with E-state index in [9.17, 15) is 0 Å². The third kappa shape index (κ3) is 1.91. The number of hydrogen-bond acceptors (Lipinski definition) is 0. The highest BCUT2D eigenvalue weighted by Gasteiger charge is 2.15. The second-order valence-corrected chi connectivity index (χ2v) is 4.32. The highest BCUT2D eigenvalue weighted by atomic mass is 14.2. The molecule has 1 rings (SSSR count). The molecule has 0 saturated heterocycles. The van der Waals surface area contributed by atoms with Gasteiger partial charge in [-0.05, 0) is 23.5 Å². The molecule has 1 aromatic carbocycles. The maximum absolute atomic E-state index is 5.72. The fourth-order valence-corrected chi connectivity index (χ4v) is 1.45. The molecule has 0 nitrogen and oxygen atoms in total. The Morgan fingerprint density at radius 3 is 2.17 bits per heavy atom. The van der Waals surface area contributed by atoms with Crippen LogP contribution in [0.3, 0.4) is 0 Å². The van der Waals surface area contributed by atoms with Crippen molar-refractivity contribution in [1.82, 2.24) is 0 Å². The van der Waals surface area contributed by atoms with E-state index in [-0.39, 0.29) is 5.41 Å². The molecule has 0 heterocycles. The molecule has 0 N–H and O–H groups in total. The van der Waals surface area contributed by atoms with Crippen LogP contribution >= 0.6 is 0 Å². The molecule has 12 heavy (non-hydrogen) atoms. The summed E-state index contributed by atoms with van der Waals surface area (Å²) in [6.07, 6.45) is 0. The predicted molar refractivity (Wildman–Crippen MR) is 55.3 cm³/mol. The van der Waals surface area contributed by atoms with Gasteiger partial charge in [-0.15, -0.1) is 0 Å². The van der Waals surface area contributed by atoms with Crippen molar-refractivity contribution in [2.75, 3.05) is 0 Å². The predicted octanol–water partition coefficient (Wildman–Crippen LogP) is 2.09. The minimum Gasteiger partial charge on any atom is -0.0964 e. The Balaban J connectivity index is 3.23. The number of aryl methyl sites for hydroxylation is 1. The third-order valence-corrected chi connectivity index (χ3v) is 2.07. The van der Waals surface area contributed by atoms with E-state index in [1.54, 1.807) is 0 Å². The molecule has 0 bridgehead atoms. The topological polar surface area (TPSA) is 0 Å². The average molecular weight is 158 g/mol. The molecule has 62 valence electrons. The van der Waals surface area contributed by atoms with Crippen LogP contribution in [0.25, 0.3) is 0 Å². The van der Waals surface area contributed by atoms with Crippen molar-refractivity contribution in [2.24, 2.45) is 0 Å². The van der Waals surface area contributed by atoms with Crippen LogP contribution in [0.4, 0.5) is 0 Å². The van der Waals surface area contributed by atoms with Gasteiger partial charge in [0.25, 0.3) is 0 Å². The van der Waals surface area contributed by atoms with E-state index < -0.39 is 0 Å². The van der Waals surface area contributed by atoms with Crippen LogP contribution in [0.15, 0.2) is 18.2 Å². The van der Waals surface area contributed by atoms with Gasteiger partial charge in [0.05, 0.1) is 0 Å². The molecule has 2 radical (unpaired) electrons. The fraction of sp³-hybridized carbons (Fsp3) is 0.455. The Morgan fingerprint density at radius 2 is 1.75 bits per heavy atom. The van der Waals surface area contributed by atoms with Crippen molar-refractivity contribution in [3.05, 3.63) is 29.3 Å². The zero-order valence-corrected chi connectivity index (χ0v) is 8.31. The normalized spacial score (nSPS) is 11.7. The molecule has 1 heteroatoms. The molecule has 0 aromatic heterocycles. The summed E-state index contributed by atoms with van der Waals surface area (Å²) in [6, 6.07) is 6.09. The van der Waals surface area contributed by atoms with Gasteiger partial charge in [-0.25, -0.2) is 0 Å². The molecule has 0 amide bonds. The Labute approximate surface area is 76.4 Å². The molecule has 0 saturated carbocycles. The lowest BCUT2D eigenvalue weighted by atomic mass is 9.80. The first-order valence-electron chi connectivity index (χ1n) is 4.28. The van der Waals surface area contributed by atoms with Gasteiger partial charge >= 0.3 is 0 Å². The standard InChI is InChI=1S/C11H15B/c1-8-5-6-9(12)7-10(8)11(2,3)4/h5-7H,1-4H3. The summed E-state index contributed by atoms with van der Waals surface area (Å²) in [4.78, 5) is 0. The zero-order chi connectivity index (χ0) is 9.35. The Morgan fingerprint density at radius 1 is 1.17 bits per heavy atom. The summed E-state index contributed by atoms with van der Waals surface area (Å²) in [7, 11) is 5.72. The Kier molecular flexibility index (Phi) is 2.32. The summed E-state index contributed by atoms with van der Waals surface area (Å²) >= 11 is 0. The number of hydrogen-bond donors (Lipinski definition) is 0. The quantitative estimate of drug-likeness (QED) is 0.507. The summed E-state index contributed by atoms with van der Waals surface area (Å²) in [5.41, 5.74) is 3.70. The van der Waals surface area contributed by atoms with E-state index in [1.165, 1.54) is 11.1 Å². The van der Waals surface area contributed by atoms with Crippen LogP contribution < -0.4 is 5.46 Å². The first kappa shape index (κ1) is 9.37. The van der Waals surface area contributed by atoms with E-state index in [0.29, 0.717) is 0 Å². The highest BCUT2D eigenvalue weighted by molar-refractivity contribution is 6.32. The van der Waals surface area contributed by atoms with Gasteiger partial charge in [-0.2, -0.15) is 0 Å². The average Bonchev–Trinajstić information content (AvgIpc) is 1.92. The molecule has 0 aliphatic carbocycles. The van der Waals surface area contributed by atoms with Crippen LogP contribution in [-0.2, 0) is 5.41 Å². The minimum atomic E-state index is 0.194. The third-order valence-electron chi connectivity index (χ3n) is 2.07. The SMILES string of the molecule is [B]c1ccc(C)c(C(C)(C)C)c1. The van der Waals surface area contributed by atoms with Gasteiger partial charge in [-0.3, -0.25) is 0 Å². The maximum atomic E-state index is 5.72. The molecule has 0 unspecified atom stereocenters. The molecule has 0 aliphatic heterocycles. The van der Waals surface area contributed by atoms with Crippen LogP contribution in [0.1, 0.15) is 31.9 Å². The fourth-order valence-electron chi connectivity index (χ4n) is 1.45. The molecule has 0 fully saturated rings. The van der Waals surface area contributed by atoms with Crippen molar-refractivity contribution in [2.45, 2.75) is 33.1 Å². The maximum Gasteiger partial charge on any atom is 0.113 e. The lowest BCUT2D eigenvalue weighted by Crippen LogP contribution is -2.16. The number of benzene rings is 1. The van der Waals surface area contributed by atoms with Gasteiger partial charge < -0.3 is 0 Å². The number of rotatable bonds is 0. The summed E-state index contributed by atoms with van der Waals surface area (Å²) in [5, 5.41) is 0. The van der Waals surface area contributed by atoms with Crippen LogP contribution in [0.5, 0.6) is 0 Å². The molecular weight excluding hydrogens is 143 g/mol.